The zero-order valence-electron chi connectivity index (χ0n) is 16.9. The van der Waals surface area contributed by atoms with Crippen molar-refractivity contribution in [3.05, 3.63) is 59.7 Å². The van der Waals surface area contributed by atoms with Crippen molar-refractivity contribution in [2.24, 2.45) is 0 Å². The van der Waals surface area contributed by atoms with E-state index in [0.717, 1.165) is 11.3 Å². The number of methoxy groups -OCH3 is 1. The Morgan fingerprint density at radius 3 is 2.21 bits per heavy atom. The average Bonchev–Trinajstić information content (AvgIpc) is 2.72. The van der Waals surface area contributed by atoms with Crippen LogP contribution in [0.25, 0.3) is 0 Å². The molecule has 0 atom stereocenters. The number of benzene rings is 2. The van der Waals surface area contributed by atoms with Gasteiger partial charge >= 0.3 is 5.97 Å². The zero-order chi connectivity index (χ0) is 21.2. The van der Waals surface area contributed by atoms with Crippen LogP contribution < -0.4 is 15.0 Å². The number of carbonyl (C=O) groups is 3. The Labute approximate surface area is 170 Å². The Kier molecular flexibility index (Phi) is 8.21. The van der Waals surface area contributed by atoms with Gasteiger partial charge in [-0.15, -0.1) is 0 Å². The van der Waals surface area contributed by atoms with E-state index in [-0.39, 0.29) is 25.0 Å². The summed E-state index contributed by atoms with van der Waals surface area (Å²) in [6, 6.07) is 14.0. The highest BCUT2D eigenvalue weighted by molar-refractivity contribution is 5.98. The van der Waals surface area contributed by atoms with Crippen molar-refractivity contribution < 1.29 is 23.9 Å². The monoisotopic (exact) mass is 398 g/mol. The van der Waals surface area contributed by atoms with Gasteiger partial charge in [-0.25, -0.2) is 4.79 Å². The number of rotatable bonds is 9. The highest BCUT2D eigenvalue weighted by atomic mass is 16.5. The minimum atomic E-state index is -0.426. The molecule has 29 heavy (non-hydrogen) atoms. The van der Waals surface area contributed by atoms with E-state index in [1.165, 1.54) is 11.8 Å². The number of esters is 1. The maximum Gasteiger partial charge on any atom is 0.338 e. The quantitative estimate of drug-likeness (QED) is 0.657. The summed E-state index contributed by atoms with van der Waals surface area (Å²) in [6.07, 6.45) is 0.671. The van der Waals surface area contributed by atoms with Gasteiger partial charge in [0.25, 0.3) is 0 Å². The zero-order valence-corrected chi connectivity index (χ0v) is 16.9. The van der Waals surface area contributed by atoms with E-state index >= 15 is 0 Å². The molecule has 0 fully saturated rings. The summed E-state index contributed by atoms with van der Waals surface area (Å²) in [5, 5.41) is 2.82. The van der Waals surface area contributed by atoms with Crippen LogP contribution in [-0.2, 0) is 20.7 Å². The van der Waals surface area contributed by atoms with E-state index < -0.39 is 5.97 Å². The van der Waals surface area contributed by atoms with Crippen LogP contribution in [0.15, 0.2) is 48.5 Å². The van der Waals surface area contributed by atoms with Crippen molar-refractivity contribution >= 4 is 23.5 Å². The fourth-order valence-corrected chi connectivity index (χ4v) is 2.71. The molecule has 0 saturated heterocycles. The number of hydrogen-bond acceptors (Lipinski definition) is 5. The van der Waals surface area contributed by atoms with Crippen molar-refractivity contribution in [1.82, 2.24) is 5.32 Å². The molecule has 2 aromatic rings. The summed E-state index contributed by atoms with van der Waals surface area (Å²) in [4.78, 5) is 37.4. The molecule has 0 aliphatic rings. The lowest BCUT2D eigenvalue weighted by molar-refractivity contribution is -0.123. The van der Waals surface area contributed by atoms with Gasteiger partial charge < -0.3 is 19.7 Å². The van der Waals surface area contributed by atoms with Gasteiger partial charge in [-0.05, 0) is 55.3 Å². The van der Waals surface area contributed by atoms with Crippen molar-refractivity contribution in [3.63, 3.8) is 0 Å². The maximum atomic E-state index is 12.3. The SMILES string of the molecule is CCOC(=O)c1ccc(N(CC(=O)NCCc2ccc(OC)cc2)C(C)=O)cc1. The molecular formula is C22H26N2O5. The summed E-state index contributed by atoms with van der Waals surface area (Å²) in [5.41, 5.74) is 2.00. The summed E-state index contributed by atoms with van der Waals surface area (Å²) in [5.74, 6) is -0.170. The third-order valence-electron chi connectivity index (χ3n) is 4.27. The largest absolute Gasteiger partial charge is 0.497 e. The molecule has 7 heteroatoms. The van der Waals surface area contributed by atoms with Crippen LogP contribution in [-0.4, -0.2) is 44.6 Å². The number of nitrogens with zero attached hydrogens (tertiary/aromatic N) is 1. The van der Waals surface area contributed by atoms with Crippen LogP contribution in [0.4, 0.5) is 5.69 Å². The van der Waals surface area contributed by atoms with Gasteiger partial charge in [-0.3, -0.25) is 9.59 Å². The first-order chi connectivity index (χ1) is 13.9. The van der Waals surface area contributed by atoms with Gasteiger partial charge in [0, 0.05) is 19.2 Å². The normalized spacial score (nSPS) is 10.2. The van der Waals surface area contributed by atoms with Gasteiger partial charge in [0.1, 0.15) is 12.3 Å². The fraction of sp³-hybridized carbons (Fsp3) is 0.318. The Bertz CT molecular complexity index is 831. The number of anilines is 1. The van der Waals surface area contributed by atoms with Gasteiger partial charge in [0.15, 0.2) is 0 Å². The second-order valence-electron chi connectivity index (χ2n) is 6.32. The first kappa shape index (κ1) is 21.9. The van der Waals surface area contributed by atoms with Gasteiger partial charge in [0.2, 0.25) is 11.8 Å². The van der Waals surface area contributed by atoms with Crippen LogP contribution >= 0.6 is 0 Å². The van der Waals surface area contributed by atoms with Crippen LogP contribution in [0, 0.1) is 0 Å². The molecule has 7 nitrogen and oxygen atoms in total. The fourth-order valence-electron chi connectivity index (χ4n) is 2.71. The molecular weight excluding hydrogens is 372 g/mol. The topological polar surface area (TPSA) is 84.9 Å². The predicted molar refractivity (Wildman–Crippen MR) is 110 cm³/mol. The van der Waals surface area contributed by atoms with Crippen LogP contribution in [0.3, 0.4) is 0 Å². The van der Waals surface area contributed by atoms with E-state index in [1.54, 1.807) is 38.3 Å². The molecule has 0 unspecified atom stereocenters. The number of nitrogens with one attached hydrogen (secondary N) is 1. The lowest BCUT2D eigenvalue weighted by atomic mass is 10.1. The van der Waals surface area contributed by atoms with Crippen molar-refractivity contribution in [1.29, 1.82) is 0 Å². The van der Waals surface area contributed by atoms with E-state index in [4.69, 9.17) is 9.47 Å². The molecule has 154 valence electrons. The van der Waals surface area contributed by atoms with E-state index in [0.29, 0.717) is 24.2 Å². The number of carbonyl (C=O) groups excluding carboxylic acids is 3. The molecule has 0 aliphatic heterocycles. The first-order valence-electron chi connectivity index (χ1n) is 9.39. The second kappa shape index (κ2) is 10.8. The Morgan fingerprint density at radius 1 is 1.00 bits per heavy atom. The van der Waals surface area contributed by atoms with Gasteiger partial charge in [0.05, 0.1) is 19.3 Å². The van der Waals surface area contributed by atoms with Crippen LogP contribution in [0.1, 0.15) is 29.8 Å². The minimum absolute atomic E-state index is 0.100. The van der Waals surface area contributed by atoms with Crippen molar-refractivity contribution in [3.8, 4) is 5.75 Å². The first-order valence-corrected chi connectivity index (χ1v) is 9.39. The molecule has 0 saturated carbocycles. The van der Waals surface area contributed by atoms with Gasteiger partial charge in [-0.1, -0.05) is 12.1 Å². The molecule has 0 spiro atoms. The molecule has 2 rings (SSSR count). The summed E-state index contributed by atoms with van der Waals surface area (Å²) >= 11 is 0. The molecule has 0 heterocycles. The van der Waals surface area contributed by atoms with Crippen LogP contribution in [0.5, 0.6) is 5.75 Å². The molecule has 0 bridgehead atoms. The third kappa shape index (κ3) is 6.64. The lowest BCUT2D eigenvalue weighted by Gasteiger charge is -2.21. The summed E-state index contributed by atoms with van der Waals surface area (Å²) in [7, 11) is 1.61. The average molecular weight is 398 g/mol. The molecule has 1 N–H and O–H groups in total. The van der Waals surface area contributed by atoms with E-state index in [9.17, 15) is 14.4 Å². The highest BCUT2D eigenvalue weighted by Crippen LogP contribution is 2.16. The smallest absolute Gasteiger partial charge is 0.338 e. The number of ether oxygens (including phenoxy) is 2. The van der Waals surface area contributed by atoms with Gasteiger partial charge in [-0.2, -0.15) is 0 Å². The maximum absolute atomic E-state index is 12.3. The van der Waals surface area contributed by atoms with Crippen LogP contribution in [0.2, 0.25) is 0 Å². The second-order valence-corrected chi connectivity index (χ2v) is 6.32. The third-order valence-corrected chi connectivity index (χ3v) is 4.27. The molecule has 0 radical (unpaired) electrons. The minimum Gasteiger partial charge on any atom is -0.497 e. The van der Waals surface area contributed by atoms with E-state index in [1.807, 2.05) is 24.3 Å². The summed E-state index contributed by atoms with van der Waals surface area (Å²) in [6.45, 7) is 3.77. The lowest BCUT2D eigenvalue weighted by Crippen LogP contribution is -2.40. The Balaban J connectivity index is 1.91. The summed E-state index contributed by atoms with van der Waals surface area (Å²) < 4.78 is 10.1. The standard InChI is InChI=1S/C22H26N2O5/c1-4-29-22(27)18-7-9-19(10-8-18)24(16(2)25)15-21(26)23-14-13-17-5-11-20(28-3)12-6-17/h5-12H,4,13-15H2,1-3H3,(H,23,26). The highest BCUT2D eigenvalue weighted by Gasteiger charge is 2.16. The molecule has 0 aromatic heterocycles. The Hall–Kier alpha value is -3.35. The molecule has 0 aliphatic carbocycles. The van der Waals surface area contributed by atoms with Crippen molar-refractivity contribution in [2.45, 2.75) is 20.3 Å². The van der Waals surface area contributed by atoms with E-state index in [2.05, 4.69) is 5.32 Å². The number of amides is 2. The Morgan fingerprint density at radius 2 is 1.66 bits per heavy atom. The van der Waals surface area contributed by atoms with Crippen molar-refractivity contribution in [2.75, 3.05) is 31.7 Å². The predicted octanol–water partition coefficient (Wildman–Crippen LogP) is 2.58. The molecule has 2 aromatic carbocycles. The number of hydrogen-bond donors (Lipinski definition) is 1. The molecule has 2 amide bonds.